The number of nitrogens with zero attached hydrogens (tertiary/aromatic N) is 2. The summed E-state index contributed by atoms with van der Waals surface area (Å²) in [4.78, 5) is 14.9. The first-order valence-corrected chi connectivity index (χ1v) is 7.75. The average Bonchev–Trinajstić information content (AvgIpc) is 2.46. The fraction of sp³-hybridized carbons (Fsp3) is 0.467. The summed E-state index contributed by atoms with van der Waals surface area (Å²) in [5.41, 5.74) is 1.61. The van der Waals surface area contributed by atoms with Gasteiger partial charge in [0.1, 0.15) is 6.07 Å². The predicted molar refractivity (Wildman–Crippen MR) is 78.6 cm³/mol. The third kappa shape index (κ3) is 2.76. The highest BCUT2D eigenvalue weighted by Crippen LogP contribution is 2.33. The Morgan fingerprint density at radius 3 is 2.89 bits per heavy atom. The molecule has 0 aliphatic carbocycles. The maximum atomic E-state index is 11.8. The molecule has 3 nitrogen and oxygen atoms in total. The van der Waals surface area contributed by atoms with Gasteiger partial charge in [0.25, 0.3) is 0 Å². The van der Waals surface area contributed by atoms with Crippen molar-refractivity contribution in [1.29, 1.82) is 5.26 Å². The molecule has 4 heteroatoms. The summed E-state index contributed by atoms with van der Waals surface area (Å²) >= 11 is 1.57. The van der Waals surface area contributed by atoms with Crippen molar-refractivity contribution < 1.29 is 4.79 Å². The molecule has 0 radical (unpaired) electrons. The number of ketones is 1. The minimum absolute atomic E-state index is 0.0713. The van der Waals surface area contributed by atoms with Gasteiger partial charge in [0.05, 0.1) is 17.3 Å². The van der Waals surface area contributed by atoms with Gasteiger partial charge in [-0.25, -0.2) is 0 Å². The topological polar surface area (TPSA) is 44.1 Å². The SMILES string of the molecule is CSc1cccc(N2CCCCC2C(C)=O)c1C#N. The molecular formula is C15H18N2OS. The smallest absolute Gasteiger partial charge is 0.152 e. The zero-order chi connectivity index (χ0) is 13.8. The summed E-state index contributed by atoms with van der Waals surface area (Å²) in [5.74, 6) is 0.193. The number of hydrogen-bond acceptors (Lipinski definition) is 4. The molecule has 1 heterocycles. The van der Waals surface area contributed by atoms with Crippen LogP contribution in [0.15, 0.2) is 23.1 Å². The number of anilines is 1. The molecule has 0 bridgehead atoms. The fourth-order valence-corrected chi connectivity index (χ4v) is 3.25. The van der Waals surface area contributed by atoms with Crippen LogP contribution >= 0.6 is 11.8 Å². The van der Waals surface area contributed by atoms with E-state index in [2.05, 4.69) is 11.0 Å². The van der Waals surface area contributed by atoms with Crippen molar-refractivity contribution in [2.45, 2.75) is 37.1 Å². The first kappa shape index (κ1) is 14.0. The highest BCUT2D eigenvalue weighted by Gasteiger charge is 2.28. The highest BCUT2D eigenvalue weighted by molar-refractivity contribution is 7.98. The van der Waals surface area contributed by atoms with Crippen molar-refractivity contribution in [3.8, 4) is 6.07 Å². The zero-order valence-corrected chi connectivity index (χ0v) is 12.2. The molecule has 0 amide bonds. The number of hydrogen-bond donors (Lipinski definition) is 0. The monoisotopic (exact) mass is 274 g/mol. The highest BCUT2D eigenvalue weighted by atomic mass is 32.2. The van der Waals surface area contributed by atoms with E-state index in [0.717, 1.165) is 36.4 Å². The molecule has 100 valence electrons. The van der Waals surface area contributed by atoms with Crippen LogP contribution in [0.2, 0.25) is 0 Å². The molecule has 1 aliphatic heterocycles. The van der Waals surface area contributed by atoms with Crippen LogP contribution in [-0.4, -0.2) is 24.6 Å². The lowest BCUT2D eigenvalue weighted by Crippen LogP contribution is -2.44. The minimum Gasteiger partial charge on any atom is -0.360 e. The third-order valence-electron chi connectivity index (χ3n) is 3.62. The normalized spacial score (nSPS) is 19.0. The number of nitriles is 1. The van der Waals surface area contributed by atoms with Crippen molar-refractivity contribution in [2.75, 3.05) is 17.7 Å². The van der Waals surface area contributed by atoms with Gasteiger partial charge in [-0.05, 0) is 44.6 Å². The standard InChI is InChI=1S/C15H18N2OS/c1-11(18)13-6-3-4-9-17(13)14-7-5-8-15(19-2)12(14)10-16/h5,7-8,13H,3-4,6,9H2,1-2H3. The molecule has 1 aliphatic rings. The molecule has 0 aromatic heterocycles. The van der Waals surface area contributed by atoms with E-state index in [-0.39, 0.29) is 11.8 Å². The molecule has 1 saturated heterocycles. The Balaban J connectivity index is 2.45. The summed E-state index contributed by atoms with van der Waals surface area (Å²) in [6.45, 7) is 2.50. The predicted octanol–water partition coefficient (Wildman–Crippen LogP) is 3.23. The van der Waals surface area contributed by atoms with E-state index in [1.807, 2.05) is 24.5 Å². The molecule has 0 N–H and O–H groups in total. The number of piperidine rings is 1. The van der Waals surface area contributed by atoms with Crippen molar-refractivity contribution in [3.63, 3.8) is 0 Å². The van der Waals surface area contributed by atoms with Gasteiger partial charge >= 0.3 is 0 Å². The summed E-state index contributed by atoms with van der Waals surface area (Å²) in [5, 5.41) is 9.41. The molecule has 19 heavy (non-hydrogen) atoms. The van der Waals surface area contributed by atoms with Crippen LogP contribution in [-0.2, 0) is 4.79 Å². The summed E-state index contributed by atoms with van der Waals surface area (Å²) in [6.07, 6.45) is 5.03. The number of Topliss-reactive ketones (excluding diaryl/α,β-unsaturated/α-hetero) is 1. The fourth-order valence-electron chi connectivity index (χ4n) is 2.68. The number of benzene rings is 1. The van der Waals surface area contributed by atoms with Crippen molar-refractivity contribution in [1.82, 2.24) is 0 Å². The first-order valence-electron chi connectivity index (χ1n) is 6.53. The second-order valence-electron chi connectivity index (χ2n) is 4.78. The van der Waals surface area contributed by atoms with Gasteiger partial charge in [-0.15, -0.1) is 11.8 Å². The van der Waals surface area contributed by atoms with Crippen LogP contribution in [0.4, 0.5) is 5.69 Å². The van der Waals surface area contributed by atoms with Crippen LogP contribution < -0.4 is 4.90 Å². The van der Waals surface area contributed by atoms with E-state index in [1.165, 1.54) is 0 Å². The van der Waals surface area contributed by atoms with E-state index < -0.39 is 0 Å². The number of rotatable bonds is 3. The quantitative estimate of drug-likeness (QED) is 0.794. The van der Waals surface area contributed by atoms with Gasteiger partial charge in [-0.1, -0.05) is 6.07 Å². The molecular weight excluding hydrogens is 256 g/mol. The summed E-state index contributed by atoms with van der Waals surface area (Å²) < 4.78 is 0. The Hall–Kier alpha value is -1.47. The van der Waals surface area contributed by atoms with E-state index in [0.29, 0.717) is 5.56 Å². The molecule has 1 aromatic carbocycles. The van der Waals surface area contributed by atoms with Crippen LogP contribution in [0.1, 0.15) is 31.7 Å². The second kappa shape index (κ2) is 6.12. The minimum atomic E-state index is -0.0713. The maximum absolute atomic E-state index is 11.8. The van der Waals surface area contributed by atoms with E-state index in [1.54, 1.807) is 18.7 Å². The Bertz CT molecular complexity index is 521. The van der Waals surface area contributed by atoms with Crippen LogP contribution in [0.5, 0.6) is 0 Å². The lowest BCUT2D eigenvalue weighted by Gasteiger charge is -2.36. The third-order valence-corrected chi connectivity index (χ3v) is 4.40. The largest absolute Gasteiger partial charge is 0.360 e. The second-order valence-corrected chi connectivity index (χ2v) is 5.63. The van der Waals surface area contributed by atoms with Crippen molar-refractivity contribution in [2.24, 2.45) is 0 Å². The molecule has 0 saturated carbocycles. The molecule has 1 atom stereocenters. The zero-order valence-electron chi connectivity index (χ0n) is 11.3. The summed E-state index contributed by atoms with van der Waals surface area (Å²) in [6, 6.07) is 8.11. The van der Waals surface area contributed by atoms with Gasteiger partial charge in [-0.3, -0.25) is 4.79 Å². The maximum Gasteiger partial charge on any atom is 0.152 e. The Morgan fingerprint density at radius 2 is 2.26 bits per heavy atom. The van der Waals surface area contributed by atoms with Crippen molar-refractivity contribution in [3.05, 3.63) is 23.8 Å². The number of thioether (sulfide) groups is 1. The van der Waals surface area contributed by atoms with Gasteiger partial charge in [-0.2, -0.15) is 5.26 Å². The van der Waals surface area contributed by atoms with Gasteiger partial charge in [0.2, 0.25) is 0 Å². The first-order chi connectivity index (χ1) is 9.19. The number of carbonyl (C=O) groups excluding carboxylic acids is 1. The average molecular weight is 274 g/mol. The summed E-state index contributed by atoms with van der Waals surface area (Å²) in [7, 11) is 0. The van der Waals surface area contributed by atoms with Gasteiger partial charge < -0.3 is 4.90 Å². The Morgan fingerprint density at radius 1 is 1.47 bits per heavy atom. The van der Waals surface area contributed by atoms with Crippen LogP contribution in [0, 0.1) is 11.3 Å². The molecule has 1 fully saturated rings. The van der Waals surface area contributed by atoms with E-state index >= 15 is 0 Å². The number of carbonyl (C=O) groups is 1. The van der Waals surface area contributed by atoms with Gasteiger partial charge in [0, 0.05) is 11.4 Å². The molecule has 1 aromatic rings. The van der Waals surface area contributed by atoms with Crippen LogP contribution in [0.3, 0.4) is 0 Å². The van der Waals surface area contributed by atoms with Crippen LogP contribution in [0.25, 0.3) is 0 Å². The van der Waals surface area contributed by atoms with Gasteiger partial charge in [0.15, 0.2) is 5.78 Å². The Kier molecular flexibility index (Phi) is 4.49. The van der Waals surface area contributed by atoms with E-state index in [9.17, 15) is 10.1 Å². The Labute approximate surface area is 118 Å². The molecule has 0 spiro atoms. The molecule has 1 unspecified atom stereocenters. The van der Waals surface area contributed by atoms with Crippen molar-refractivity contribution >= 4 is 23.2 Å². The van der Waals surface area contributed by atoms with E-state index in [4.69, 9.17) is 0 Å². The molecule has 2 rings (SSSR count). The lowest BCUT2D eigenvalue weighted by atomic mass is 9.97. The lowest BCUT2D eigenvalue weighted by molar-refractivity contribution is -0.118.